The Kier molecular flexibility index (Phi) is 7.35. The Labute approximate surface area is 221 Å². The first kappa shape index (κ1) is 25.0. The third kappa shape index (κ3) is 5.37. The van der Waals surface area contributed by atoms with Crippen LogP contribution in [0.15, 0.2) is 103 Å². The molecule has 0 saturated carbocycles. The first-order valence-corrected chi connectivity index (χ1v) is 12.6. The number of nitrogens with zero attached hydrogens (tertiary/aromatic N) is 3. The van der Waals surface area contributed by atoms with Crippen molar-refractivity contribution >= 4 is 17.4 Å². The second kappa shape index (κ2) is 11.2. The fraction of sp³-hybridized carbons (Fsp3) is 0.194. The molecule has 2 heterocycles. The molecule has 1 atom stereocenters. The van der Waals surface area contributed by atoms with Crippen molar-refractivity contribution in [3.05, 3.63) is 125 Å². The van der Waals surface area contributed by atoms with Gasteiger partial charge in [0.2, 0.25) is 0 Å². The van der Waals surface area contributed by atoms with Crippen LogP contribution in [0.5, 0.6) is 5.75 Å². The molecule has 1 aromatic heterocycles. The topological polar surface area (TPSA) is 84.7 Å². The lowest BCUT2D eigenvalue weighted by Gasteiger charge is -2.25. The van der Waals surface area contributed by atoms with Crippen LogP contribution in [0.2, 0.25) is 0 Å². The number of ketones is 1. The molecule has 0 aliphatic carbocycles. The van der Waals surface area contributed by atoms with Crippen molar-refractivity contribution < 1.29 is 19.4 Å². The first-order chi connectivity index (χ1) is 18.5. The van der Waals surface area contributed by atoms with Crippen LogP contribution in [0.25, 0.3) is 5.76 Å². The highest BCUT2D eigenvalue weighted by Crippen LogP contribution is 2.39. The second-order valence-electron chi connectivity index (χ2n) is 9.36. The smallest absolute Gasteiger partial charge is 0.295 e. The molecule has 1 amide bonds. The van der Waals surface area contributed by atoms with Crippen LogP contribution in [0.1, 0.15) is 34.7 Å². The Morgan fingerprint density at radius 2 is 1.76 bits per heavy atom. The van der Waals surface area contributed by atoms with Gasteiger partial charge in [0.05, 0.1) is 17.9 Å². The van der Waals surface area contributed by atoms with Gasteiger partial charge in [-0.1, -0.05) is 60.2 Å². The molecule has 1 aliphatic rings. The number of amides is 1. The predicted octanol–water partition coefficient (Wildman–Crippen LogP) is 5.28. The Bertz CT molecular complexity index is 1440. The zero-order valence-corrected chi connectivity index (χ0v) is 21.2. The highest BCUT2D eigenvalue weighted by molar-refractivity contribution is 6.46. The van der Waals surface area contributed by atoms with Gasteiger partial charge in [0.15, 0.2) is 0 Å². The average molecular weight is 508 g/mol. The maximum absolute atomic E-state index is 13.2. The van der Waals surface area contributed by atoms with Crippen LogP contribution in [0.4, 0.5) is 0 Å². The molecule has 1 saturated heterocycles. The van der Waals surface area contributed by atoms with Crippen LogP contribution in [-0.2, 0) is 22.7 Å². The Balaban J connectivity index is 1.39. The normalized spacial score (nSPS) is 16.7. The molecular formula is C31H29N3O4. The molecule has 7 heteroatoms. The van der Waals surface area contributed by atoms with Crippen molar-refractivity contribution in [3.63, 3.8) is 0 Å². The Morgan fingerprint density at radius 3 is 2.47 bits per heavy atom. The highest BCUT2D eigenvalue weighted by Gasteiger charge is 2.45. The van der Waals surface area contributed by atoms with E-state index in [-0.39, 0.29) is 11.3 Å². The molecule has 1 fully saturated rings. The van der Waals surface area contributed by atoms with Crippen molar-refractivity contribution in [3.8, 4) is 5.75 Å². The Hall–Kier alpha value is -4.65. The molecule has 3 aromatic carbocycles. The van der Waals surface area contributed by atoms with Gasteiger partial charge in [0.25, 0.3) is 11.7 Å². The van der Waals surface area contributed by atoms with Gasteiger partial charge in [-0.3, -0.25) is 9.59 Å². The fourth-order valence-electron chi connectivity index (χ4n) is 4.77. The van der Waals surface area contributed by atoms with E-state index in [9.17, 15) is 14.7 Å². The number of benzene rings is 3. The molecular weight excluding hydrogens is 478 g/mol. The maximum atomic E-state index is 13.2. The highest BCUT2D eigenvalue weighted by atomic mass is 16.5. The number of aliphatic hydroxyl groups is 1. The molecule has 4 aromatic rings. The molecule has 1 unspecified atom stereocenters. The summed E-state index contributed by atoms with van der Waals surface area (Å²) < 4.78 is 7.82. The van der Waals surface area contributed by atoms with Gasteiger partial charge in [-0.25, -0.2) is 4.98 Å². The zero-order valence-electron chi connectivity index (χ0n) is 21.2. The van der Waals surface area contributed by atoms with E-state index in [2.05, 4.69) is 11.1 Å². The molecule has 5 rings (SSSR count). The number of rotatable bonds is 9. The molecule has 7 nitrogen and oxygen atoms in total. The van der Waals surface area contributed by atoms with E-state index in [4.69, 9.17) is 4.74 Å². The number of carbonyl (C=O) groups excluding carboxylic acids is 2. The summed E-state index contributed by atoms with van der Waals surface area (Å²) in [6.07, 6.45) is 5.92. The lowest BCUT2D eigenvalue weighted by atomic mass is 9.95. The number of aryl methyl sites for hydroxylation is 2. The van der Waals surface area contributed by atoms with Gasteiger partial charge in [-0.05, 0) is 48.7 Å². The van der Waals surface area contributed by atoms with E-state index >= 15 is 0 Å². The third-order valence-corrected chi connectivity index (χ3v) is 6.65. The van der Waals surface area contributed by atoms with E-state index in [1.54, 1.807) is 41.7 Å². The maximum Gasteiger partial charge on any atom is 0.295 e. The van der Waals surface area contributed by atoms with Gasteiger partial charge >= 0.3 is 0 Å². The summed E-state index contributed by atoms with van der Waals surface area (Å²) in [4.78, 5) is 31.9. The minimum Gasteiger partial charge on any atom is -0.507 e. The van der Waals surface area contributed by atoms with Crippen LogP contribution >= 0.6 is 0 Å². The fourth-order valence-corrected chi connectivity index (χ4v) is 4.77. The standard InChI is InChI=1S/C31H29N3O4/c1-22-7-5-8-23(19-22)20-38-26-13-11-25(12-14-26)29(35)27-28(24-9-3-2-4-10-24)34(31(37)30(27)36)17-6-16-33-18-15-32-21-33/h2-5,7-15,18-19,21,28,35H,6,16-17,20H2,1H3. The van der Waals surface area contributed by atoms with Crippen molar-refractivity contribution in [2.75, 3.05) is 6.54 Å². The number of ether oxygens (including phenoxy) is 1. The van der Waals surface area contributed by atoms with Gasteiger partial charge in [-0.2, -0.15) is 0 Å². The lowest BCUT2D eigenvalue weighted by Crippen LogP contribution is -2.31. The van der Waals surface area contributed by atoms with Crippen LogP contribution in [0, 0.1) is 6.92 Å². The van der Waals surface area contributed by atoms with E-state index in [0.717, 1.165) is 16.7 Å². The van der Waals surface area contributed by atoms with Crippen LogP contribution in [0.3, 0.4) is 0 Å². The Morgan fingerprint density at radius 1 is 0.974 bits per heavy atom. The van der Waals surface area contributed by atoms with Gasteiger partial charge in [0, 0.05) is 31.0 Å². The van der Waals surface area contributed by atoms with Gasteiger partial charge < -0.3 is 19.3 Å². The predicted molar refractivity (Wildman–Crippen MR) is 144 cm³/mol. The molecule has 38 heavy (non-hydrogen) atoms. The number of carbonyl (C=O) groups is 2. The summed E-state index contributed by atoms with van der Waals surface area (Å²) in [6.45, 7) is 3.48. The van der Waals surface area contributed by atoms with E-state index in [0.29, 0.717) is 37.4 Å². The summed E-state index contributed by atoms with van der Waals surface area (Å²) in [5.41, 5.74) is 3.54. The third-order valence-electron chi connectivity index (χ3n) is 6.65. The second-order valence-corrected chi connectivity index (χ2v) is 9.36. The number of hydrogen-bond acceptors (Lipinski definition) is 5. The molecule has 1 aliphatic heterocycles. The summed E-state index contributed by atoms with van der Waals surface area (Å²) in [5.74, 6) is -0.843. The summed E-state index contributed by atoms with van der Waals surface area (Å²) >= 11 is 0. The first-order valence-electron chi connectivity index (χ1n) is 12.6. The van der Waals surface area contributed by atoms with E-state index in [1.165, 1.54) is 0 Å². The van der Waals surface area contributed by atoms with E-state index < -0.39 is 17.7 Å². The minimum atomic E-state index is -0.682. The molecule has 192 valence electrons. The van der Waals surface area contributed by atoms with Gasteiger partial charge in [-0.15, -0.1) is 0 Å². The quantitative estimate of drug-likeness (QED) is 0.189. The zero-order chi connectivity index (χ0) is 26.5. The SMILES string of the molecule is Cc1cccc(COc2ccc(C(O)=C3C(=O)C(=O)N(CCCn4ccnc4)C3c3ccccc3)cc2)c1. The number of aliphatic hydroxyl groups excluding tert-OH is 1. The van der Waals surface area contributed by atoms with Crippen LogP contribution in [-0.4, -0.2) is 37.8 Å². The largest absolute Gasteiger partial charge is 0.507 e. The summed E-state index contributed by atoms with van der Waals surface area (Å²) in [5, 5.41) is 11.3. The minimum absolute atomic E-state index is 0.0947. The van der Waals surface area contributed by atoms with Crippen molar-refractivity contribution in [1.82, 2.24) is 14.5 Å². The number of likely N-dealkylation sites (tertiary alicyclic amines) is 1. The van der Waals surface area contributed by atoms with Crippen molar-refractivity contribution in [2.45, 2.75) is 32.5 Å². The molecule has 0 bridgehead atoms. The average Bonchev–Trinajstić information content (AvgIpc) is 3.55. The van der Waals surface area contributed by atoms with Gasteiger partial charge in [0.1, 0.15) is 18.1 Å². The van der Waals surface area contributed by atoms with Crippen molar-refractivity contribution in [1.29, 1.82) is 0 Å². The molecule has 1 N–H and O–H groups in total. The summed E-state index contributed by atoms with van der Waals surface area (Å²) in [6, 6.07) is 23.7. The van der Waals surface area contributed by atoms with Crippen molar-refractivity contribution in [2.24, 2.45) is 0 Å². The van der Waals surface area contributed by atoms with Crippen LogP contribution < -0.4 is 4.74 Å². The van der Waals surface area contributed by atoms with E-state index in [1.807, 2.05) is 66.2 Å². The number of imidazole rings is 1. The molecule has 0 spiro atoms. The number of Topliss-reactive ketones (excluding diaryl/α,β-unsaturated/α-hetero) is 1. The number of aromatic nitrogens is 2. The monoisotopic (exact) mass is 507 g/mol. The number of hydrogen-bond donors (Lipinski definition) is 1. The summed E-state index contributed by atoms with van der Waals surface area (Å²) in [7, 11) is 0. The molecule has 0 radical (unpaired) electrons. The lowest BCUT2D eigenvalue weighted by molar-refractivity contribution is -0.139.